The van der Waals surface area contributed by atoms with Gasteiger partial charge in [-0.2, -0.15) is 0 Å². The maximum atomic E-state index is 2.57. The fraction of sp³-hybridized carbons (Fsp3) is 1.00. The lowest BCUT2D eigenvalue weighted by Crippen LogP contribution is -2.53. The second-order valence-electron chi connectivity index (χ2n) is 6.35. The van der Waals surface area contributed by atoms with Gasteiger partial charge in [-0.15, -0.1) is 0 Å². The molecule has 1 heteroatoms. The standard InChI is InChI=1S/C12H27N/c1-10(2)9-13(11(3,4)5)12(6,7)8/h10H,9H2,1-8H3. The van der Waals surface area contributed by atoms with Crippen LogP contribution in [0.2, 0.25) is 0 Å². The molecular formula is C12H27N. The molecule has 0 unspecified atom stereocenters. The highest BCUT2D eigenvalue weighted by Crippen LogP contribution is 2.25. The Morgan fingerprint density at radius 3 is 1.23 bits per heavy atom. The van der Waals surface area contributed by atoms with Gasteiger partial charge in [0.05, 0.1) is 0 Å². The van der Waals surface area contributed by atoms with Crippen molar-refractivity contribution < 1.29 is 0 Å². The van der Waals surface area contributed by atoms with Crippen LogP contribution in [0, 0.1) is 5.92 Å². The molecule has 0 rings (SSSR count). The Morgan fingerprint density at radius 1 is 0.846 bits per heavy atom. The van der Waals surface area contributed by atoms with Crippen LogP contribution in [-0.4, -0.2) is 22.5 Å². The summed E-state index contributed by atoms with van der Waals surface area (Å²) in [4.78, 5) is 2.57. The van der Waals surface area contributed by atoms with Crippen molar-refractivity contribution >= 4 is 0 Å². The van der Waals surface area contributed by atoms with Gasteiger partial charge in [0.25, 0.3) is 0 Å². The van der Waals surface area contributed by atoms with E-state index in [1.165, 1.54) is 6.54 Å². The summed E-state index contributed by atoms with van der Waals surface area (Å²) < 4.78 is 0. The first-order chi connectivity index (χ1) is 5.55. The van der Waals surface area contributed by atoms with Crippen LogP contribution in [0.1, 0.15) is 55.4 Å². The Hall–Kier alpha value is -0.0400. The van der Waals surface area contributed by atoms with E-state index in [4.69, 9.17) is 0 Å². The maximum absolute atomic E-state index is 2.57. The molecule has 0 aliphatic rings. The molecule has 0 aliphatic heterocycles. The first-order valence-corrected chi connectivity index (χ1v) is 5.33. The van der Waals surface area contributed by atoms with Gasteiger partial charge in [-0.3, -0.25) is 4.90 Å². The predicted octanol–water partition coefficient (Wildman–Crippen LogP) is 3.54. The van der Waals surface area contributed by atoms with Gasteiger partial charge in [-0.25, -0.2) is 0 Å². The maximum Gasteiger partial charge on any atom is 0.0130 e. The highest BCUT2D eigenvalue weighted by atomic mass is 15.2. The van der Waals surface area contributed by atoms with Gasteiger partial charge in [0.15, 0.2) is 0 Å². The van der Waals surface area contributed by atoms with E-state index in [1.54, 1.807) is 0 Å². The van der Waals surface area contributed by atoms with Crippen LogP contribution in [0.25, 0.3) is 0 Å². The minimum absolute atomic E-state index is 0.266. The largest absolute Gasteiger partial charge is 0.293 e. The number of hydrogen-bond donors (Lipinski definition) is 0. The second kappa shape index (κ2) is 4.00. The Balaban J connectivity index is 4.58. The first-order valence-electron chi connectivity index (χ1n) is 5.33. The molecule has 80 valence electrons. The van der Waals surface area contributed by atoms with Crippen LogP contribution in [0.3, 0.4) is 0 Å². The molecule has 0 saturated heterocycles. The summed E-state index contributed by atoms with van der Waals surface area (Å²) >= 11 is 0. The van der Waals surface area contributed by atoms with E-state index >= 15 is 0 Å². The molecular weight excluding hydrogens is 158 g/mol. The molecule has 0 amide bonds. The molecule has 0 fully saturated rings. The predicted molar refractivity (Wildman–Crippen MR) is 61.1 cm³/mol. The quantitative estimate of drug-likeness (QED) is 0.636. The fourth-order valence-corrected chi connectivity index (χ4v) is 1.92. The normalized spacial score (nSPS) is 14.3. The molecule has 0 aromatic rings. The zero-order valence-electron chi connectivity index (χ0n) is 10.7. The lowest BCUT2D eigenvalue weighted by atomic mass is 9.94. The highest BCUT2D eigenvalue weighted by Gasteiger charge is 2.31. The van der Waals surface area contributed by atoms with Gasteiger partial charge in [0.2, 0.25) is 0 Å². The minimum Gasteiger partial charge on any atom is -0.293 e. The van der Waals surface area contributed by atoms with Crippen LogP contribution >= 0.6 is 0 Å². The summed E-state index contributed by atoms with van der Waals surface area (Å²) in [5.74, 6) is 0.735. The van der Waals surface area contributed by atoms with Crippen LogP contribution < -0.4 is 0 Å². The van der Waals surface area contributed by atoms with Gasteiger partial charge in [0.1, 0.15) is 0 Å². The van der Waals surface area contributed by atoms with Crippen LogP contribution in [0.4, 0.5) is 0 Å². The van der Waals surface area contributed by atoms with E-state index in [-0.39, 0.29) is 11.1 Å². The summed E-state index contributed by atoms with van der Waals surface area (Å²) in [5.41, 5.74) is 0.533. The number of hydrogen-bond acceptors (Lipinski definition) is 1. The fourth-order valence-electron chi connectivity index (χ4n) is 1.92. The monoisotopic (exact) mass is 185 g/mol. The summed E-state index contributed by atoms with van der Waals surface area (Å²) in [5, 5.41) is 0. The first kappa shape index (κ1) is 13.0. The van der Waals surface area contributed by atoms with E-state index in [9.17, 15) is 0 Å². The van der Waals surface area contributed by atoms with Gasteiger partial charge in [-0.05, 0) is 47.5 Å². The number of nitrogens with zero attached hydrogens (tertiary/aromatic N) is 1. The summed E-state index contributed by atoms with van der Waals surface area (Å²) in [6, 6.07) is 0. The number of rotatable bonds is 2. The summed E-state index contributed by atoms with van der Waals surface area (Å²) in [6.45, 7) is 19.5. The molecule has 0 saturated carbocycles. The topological polar surface area (TPSA) is 3.24 Å². The van der Waals surface area contributed by atoms with Crippen molar-refractivity contribution in [2.45, 2.75) is 66.5 Å². The Morgan fingerprint density at radius 2 is 1.15 bits per heavy atom. The minimum atomic E-state index is 0.266. The van der Waals surface area contributed by atoms with Crippen LogP contribution in [0.15, 0.2) is 0 Å². The third-order valence-electron chi connectivity index (χ3n) is 2.17. The molecule has 0 bridgehead atoms. The molecule has 0 aromatic heterocycles. The van der Waals surface area contributed by atoms with Gasteiger partial charge in [0, 0.05) is 17.6 Å². The van der Waals surface area contributed by atoms with Gasteiger partial charge >= 0.3 is 0 Å². The van der Waals surface area contributed by atoms with Crippen molar-refractivity contribution in [3.05, 3.63) is 0 Å². The third-order valence-corrected chi connectivity index (χ3v) is 2.17. The summed E-state index contributed by atoms with van der Waals surface area (Å²) in [6.07, 6.45) is 0. The van der Waals surface area contributed by atoms with Gasteiger partial charge in [-0.1, -0.05) is 13.8 Å². The SMILES string of the molecule is CC(C)CN(C(C)(C)C)C(C)(C)C. The van der Waals surface area contributed by atoms with Gasteiger partial charge < -0.3 is 0 Å². The van der Waals surface area contributed by atoms with Crippen molar-refractivity contribution in [3.63, 3.8) is 0 Å². The molecule has 0 N–H and O–H groups in total. The Kier molecular flexibility index (Phi) is 3.98. The smallest absolute Gasteiger partial charge is 0.0130 e. The molecule has 0 radical (unpaired) electrons. The Labute approximate surface area is 84.5 Å². The molecule has 1 nitrogen and oxygen atoms in total. The average molecular weight is 185 g/mol. The lowest BCUT2D eigenvalue weighted by Gasteiger charge is -2.46. The van der Waals surface area contributed by atoms with E-state index < -0.39 is 0 Å². The van der Waals surface area contributed by atoms with Crippen molar-refractivity contribution in [2.24, 2.45) is 5.92 Å². The van der Waals surface area contributed by atoms with E-state index in [0.29, 0.717) is 0 Å². The van der Waals surface area contributed by atoms with Crippen molar-refractivity contribution in [3.8, 4) is 0 Å². The molecule has 0 aromatic carbocycles. The average Bonchev–Trinajstić information content (AvgIpc) is 1.77. The molecule has 13 heavy (non-hydrogen) atoms. The molecule has 0 heterocycles. The summed E-state index contributed by atoms with van der Waals surface area (Å²) in [7, 11) is 0. The highest BCUT2D eigenvalue weighted by molar-refractivity contribution is 4.87. The van der Waals surface area contributed by atoms with Crippen LogP contribution in [-0.2, 0) is 0 Å². The third kappa shape index (κ3) is 4.66. The molecule has 0 spiro atoms. The zero-order chi connectivity index (χ0) is 10.9. The molecule has 0 atom stereocenters. The van der Waals surface area contributed by atoms with E-state index in [0.717, 1.165) is 5.92 Å². The second-order valence-corrected chi connectivity index (χ2v) is 6.35. The molecule has 0 aliphatic carbocycles. The lowest BCUT2D eigenvalue weighted by molar-refractivity contribution is 0.0270. The van der Waals surface area contributed by atoms with E-state index in [2.05, 4.69) is 60.3 Å². The van der Waals surface area contributed by atoms with Crippen molar-refractivity contribution in [2.75, 3.05) is 6.54 Å². The Bertz CT molecular complexity index is 131. The van der Waals surface area contributed by atoms with Crippen molar-refractivity contribution in [1.29, 1.82) is 0 Å². The van der Waals surface area contributed by atoms with Crippen molar-refractivity contribution in [1.82, 2.24) is 4.90 Å². The van der Waals surface area contributed by atoms with Crippen LogP contribution in [0.5, 0.6) is 0 Å². The van der Waals surface area contributed by atoms with E-state index in [1.807, 2.05) is 0 Å². The zero-order valence-corrected chi connectivity index (χ0v) is 10.7.